The first kappa shape index (κ1) is 18.9. The van der Waals surface area contributed by atoms with Gasteiger partial charge in [0.05, 0.1) is 6.42 Å². The third-order valence-corrected chi connectivity index (χ3v) is 2.93. The summed E-state index contributed by atoms with van der Waals surface area (Å²) in [6.07, 6.45) is 0.610. The highest BCUT2D eigenvalue weighted by Gasteiger charge is 2.33. The third-order valence-electron chi connectivity index (χ3n) is 2.93. The Hall–Kier alpha value is -2.12. The fraction of sp³-hybridized carbons (Fsp3) is 0.733. The Morgan fingerprint density at radius 3 is 2.48 bits per heavy atom. The van der Waals surface area contributed by atoms with Gasteiger partial charge < -0.3 is 14.8 Å². The van der Waals surface area contributed by atoms with Crippen molar-refractivity contribution in [2.24, 2.45) is 0 Å². The Bertz CT molecular complexity index is 469. The zero-order valence-corrected chi connectivity index (χ0v) is 13.8. The Morgan fingerprint density at radius 1 is 1.22 bits per heavy atom. The van der Waals surface area contributed by atoms with E-state index in [1.807, 2.05) is 0 Å². The summed E-state index contributed by atoms with van der Waals surface area (Å²) in [7, 11) is 0. The molecule has 0 aliphatic carbocycles. The van der Waals surface area contributed by atoms with Gasteiger partial charge in [0, 0.05) is 13.0 Å². The summed E-state index contributed by atoms with van der Waals surface area (Å²) in [4.78, 5) is 45.1. The van der Waals surface area contributed by atoms with Crippen LogP contribution in [0.5, 0.6) is 0 Å². The van der Waals surface area contributed by atoms with E-state index in [0.717, 1.165) is 6.42 Å². The predicted octanol–water partition coefficient (Wildman–Crippen LogP) is 1.03. The highest BCUT2D eigenvalue weighted by molar-refractivity contribution is 6.05. The molecule has 1 fully saturated rings. The van der Waals surface area contributed by atoms with E-state index in [-0.39, 0.29) is 12.8 Å². The number of ether oxygens (including phenoxy) is 2. The SMILES string of the molecule is CC(C)(C)OC(=O)NCCCCCC(=O)OC1CC(=O)NC1=O. The summed E-state index contributed by atoms with van der Waals surface area (Å²) in [6, 6.07) is 0. The molecule has 8 nitrogen and oxygen atoms in total. The van der Waals surface area contributed by atoms with Crippen LogP contribution in [-0.4, -0.2) is 42.1 Å². The lowest BCUT2D eigenvalue weighted by Gasteiger charge is -2.19. The van der Waals surface area contributed by atoms with E-state index in [1.54, 1.807) is 20.8 Å². The molecule has 1 aliphatic heterocycles. The summed E-state index contributed by atoms with van der Waals surface area (Å²) < 4.78 is 10.0. The van der Waals surface area contributed by atoms with Gasteiger partial charge in [-0.1, -0.05) is 6.42 Å². The highest BCUT2D eigenvalue weighted by atomic mass is 16.6. The molecule has 2 N–H and O–H groups in total. The molecule has 1 aliphatic rings. The summed E-state index contributed by atoms with van der Waals surface area (Å²) in [5, 5.41) is 4.70. The Morgan fingerprint density at radius 2 is 1.91 bits per heavy atom. The van der Waals surface area contributed by atoms with E-state index in [0.29, 0.717) is 19.4 Å². The maximum absolute atomic E-state index is 11.5. The summed E-state index contributed by atoms with van der Waals surface area (Å²) in [5.41, 5.74) is -0.526. The second-order valence-electron chi connectivity index (χ2n) is 6.33. The van der Waals surface area contributed by atoms with Gasteiger partial charge in [0.25, 0.3) is 5.91 Å². The number of nitrogens with one attached hydrogen (secondary N) is 2. The quantitative estimate of drug-likeness (QED) is 0.410. The van der Waals surface area contributed by atoms with Gasteiger partial charge in [0.2, 0.25) is 5.91 Å². The molecule has 8 heteroatoms. The van der Waals surface area contributed by atoms with Crippen molar-refractivity contribution in [3.8, 4) is 0 Å². The Labute approximate surface area is 135 Å². The average molecular weight is 328 g/mol. The number of alkyl carbamates (subject to hydrolysis) is 1. The van der Waals surface area contributed by atoms with Crippen molar-refractivity contribution in [1.29, 1.82) is 0 Å². The Kier molecular flexibility index (Phi) is 6.99. The topological polar surface area (TPSA) is 111 Å². The number of unbranched alkanes of at least 4 members (excludes halogenated alkanes) is 2. The van der Waals surface area contributed by atoms with Crippen LogP contribution in [0, 0.1) is 0 Å². The van der Waals surface area contributed by atoms with E-state index in [4.69, 9.17) is 9.47 Å². The molecule has 1 heterocycles. The van der Waals surface area contributed by atoms with Gasteiger partial charge in [-0.3, -0.25) is 19.7 Å². The van der Waals surface area contributed by atoms with Crippen molar-refractivity contribution in [2.45, 2.75) is 64.6 Å². The summed E-state index contributed by atoms with van der Waals surface area (Å²) in [6.45, 7) is 5.83. The smallest absolute Gasteiger partial charge is 0.407 e. The van der Waals surface area contributed by atoms with Crippen molar-refractivity contribution < 1.29 is 28.7 Å². The first-order chi connectivity index (χ1) is 10.7. The van der Waals surface area contributed by atoms with Crippen LogP contribution in [-0.2, 0) is 23.9 Å². The number of hydrogen-bond acceptors (Lipinski definition) is 6. The number of imide groups is 1. The third kappa shape index (κ3) is 8.18. The number of hydrogen-bond donors (Lipinski definition) is 2. The fourth-order valence-electron chi connectivity index (χ4n) is 1.92. The van der Waals surface area contributed by atoms with Crippen molar-refractivity contribution >= 4 is 23.9 Å². The molecule has 0 bridgehead atoms. The monoisotopic (exact) mass is 328 g/mol. The normalized spacial score (nSPS) is 17.6. The zero-order chi connectivity index (χ0) is 17.5. The van der Waals surface area contributed by atoms with Crippen LogP contribution >= 0.6 is 0 Å². The first-order valence-electron chi connectivity index (χ1n) is 7.67. The van der Waals surface area contributed by atoms with Crippen LogP contribution in [0.15, 0.2) is 0 Å². The predicted molar refractivity (Wildman–Crippen MR) is 80.4 cm³/mol. The van der Waals surface area contributed by atoms with E-state index >= 15 is 0 Å². The van der Waals surface area contributed by atoms with Gasteiger partial charge in [0.1, 0.15) is 5.60 Å². The average Bonchev–Trinajstić information content (AvgIpc) is 2.69. The number of esters is 1. The lowest BCUT2D eigenvalue weighted by molar-refractivity contribution is -0.154. The van der Waals surface area contributed by atoms with E-state index in [9.17, 15) is 19.2 Å². The standard InChI is InChI=1S/C15H24N2O6/c1-15(2,3)23-14(21)16-8-6-4-5-7-12(19)22-10-9-11(18)17-13(10)20/h10H,4-9H2,1-3H3,(H,16,21)(H,17,18,20). The van der Waals surface area contributed by atoms with Gasteiger partial charge in [0.15, 0.2) is 6.10 Å². The van der Waals surface area contributed by atoms with Gasteiger partial charge in [-0.25, -0.2) is 4.79 Å². The maximum atomic E-state index is 11.5. The molecule has 0 radical (unpaired) electrons. The summed E-state index contributed by atoms with van der Waals surface area (Å²) in [5.74, 6) is -1.49. The second-order valence-corrected chi connectivity index (χ2v) is 6.33. The number of rotatable bonds is 7. The Balaban J connectivity index is 2.04. The van der Waals surface area contributed by atoms with Crippen molar-refractivity contribution in [1.82, 2.24) is 10.6 Å². The minimum Gasteiger partial charge on any atom is -0.452 e. The molecule has 0 aromatic rings. The molecule has 23 heavy (non-hydrogen) atoms. The molecule has 3 amide bonds. The zero-order valence-electron chi connectivity index (χ0n) is 13.8. The van der Waals surface area contributed by atoms with Crippen molar-refractivity contribution in [3.63, 3.8) is 0 Å². The largest absolute Gasteiger partial charge is 0.452 e. The molecule has 0 spiro atoms. The van der Waals surface area contributed by atoms with Crippen LogP contribution in [0.1, 0.15) is 52.9 Å². The minimum atomic E-state index is -0.996. The molecule has 130 valence electrons. The van der Waals surface area contributed by atoms with Gasteiger partial charge >= 0.3 is 12.1 Å². The molecule has 0 saturated carbocycles. The van der Waals surface area contributed by atoms with E-state index in [2.05, 4.69) is 10.6 Å². The molecular formula is C15H24N2O6. The lowest BCUT2D eigenvalue weighted by atomic mass is 10.2. The molecule has 0 aromatic carbocycles. The molecular weight excluding hydrogens is 304 g/mol. The molecule has 1 unspecified atom stereocenters. The van der Waals surface area contributed by atoms with E-state index < -0.39 is 35.6 Å². The molecule has 1 rings (SSSR count). The lowest BCUT2D eigenvalue weighted by Crippen LogP contribution is -2.33. The number of amides is 3. The van der Waals surface area contributed by atoms with Crippen LogP contribution in [0.2, 0.25) is 0 Å². The van der Waals surface area contributed by atoms with E-state index in [1.165, 1.54) is 0 Å². The maximum Gasteiger partial charge on any atom is 0.407 e. The number of carbonyl (C=O) groups is 4. The van der Waals surface area contributed by atoms with Crippen LogP contribution < -0.4 is 10.6 Å². The minimum absolute atomic E-state index is 0.107. The van der Waals surface area contributed by atoms with Gasteiger partial charge in [-0.2, -0.15) is 0 Å². The molecule has 0 aromatic heterocycles. The van der Waals surface area contributed by atoms with Crippen LogP contribution in [0.3, 0.4) is 0 Å². The first-order valence-corrected chi connectivity index (χ1v) is 7.67. The second kappa shape index (κ2) is 8.50. The molecule has 1 atom stereocenters. The fourth-order valence-corrected chi connectivity index (χ4v) is 1.92. The summed E-state index contributed by atoms with van der Waals surface area (Å²) >= 11 is 0. The van der Waals surface area contributed by atoms with Gasteiger partial charge in [-0.15, -0.1) is 0 Å². The van der Waals surface area contributed by atoms with Crippen LogP contribution in [0.25, 0.3) is 0 Å². The van der Waals surface area contributed by atoms with Crippen molar-refractivity contribution in [2.75, 3.05) is 6.54 Å². The highest BCUT2D eigenvalue weighted by Crippen LogP contribution is 2.10. The number of carbonyl (C=O) groups excluding carboxylic acids is 4. The van der Waals surface area contributed by atoms with Crippen molar-refractivity contribution in [3.05, 3.63) is 0 Å². The van der Waals surface area contributed by atoms with Crippen LogP contribution in [0.4, 0.5) is 4.79 Å². The van der Waals surface area contributed by atoms with Gasteiger partial charge in [-0.05, 0) is 33.6 Å². The molecule has 1 saturated heterocycles.